The number of allylic oxidation sites excluding steroid dienone is 1. The fraction of sp³-hybridized carbons (Fsp3) is 0.556. The monoisotopic (exact) mass is 290 g/mol. The summed E-state index contributed by atoms with van der Waals surface area (Å²) in [6, 6.07) is 6.00. The normalized spacial score (nSPS) is 15.7. The number of benzene rings is 1. The Hall–Kier alpha value is -1.48. The molecule has 0 saturated carbocycles. The summed E-state index contributed by atoms with van der Waals surface area (Å²) in [5.41, 5.74) is 1.15. The van der Waals surface area contributed by atoms with Crippen molar-refractivity contribution in [2.45, 2.75) is 32.1 Å². The molecule has 0 spiro atoms. The highest BCUT2D eigenvalue weighted by Gasteiger charge is 2.12. The molecule has 1 aliphatic rings. The van der Waals surface area contributed by atoms with E-state index in [4.69, 9.17) is 9.47 Å². The fourth-order valence-electron chi connectivity index (χ4n) is 2.94. The number of nitrogens with one attached hydrogen (secondary N) is 1. The quantitative estimate of drug-likeness (QED) is 0.586. The molecule has 2 rings (SSSR count). The lowest BCUT2D eigenvalue weighted by Crippen LogP contribution is -3.12. The Morgan fingerprint density at radius 3 is 2.76 bits per heavy atom. The molecule has 0 aliphatic carbocycles. The molecular weight excluding hydrogens is 262 g/mol. The SMILES string of the molecule is C=CCc1cc(OC)ccc1OCCC[NH+]1CCCCC1. The maximum Gasteiger partial charge on any atom is 0.123 e. The Bertz CT molecular complexity index is 439. The van der Waals surface area contributed by atoms with Crippen LogP contribution >= 0.6 is 0 Å². The Labute approximate surface area is 128 Å². The Balaban J connectivity index is 1.80. The molecule has 0 bridgehead atoms. The van der Waals surface area contributed by atoms with Gasteiger partial charge < -0.3 is 14.4 Å². The lowest BCUT2D eigenvalue weighted by Gasteiger charge is -2.23. The number of ether oxygens (including phenoxy) is 2. The number of rotatable bonds is 8. The van der Waals surface area contributed by atoms with Crippen LogP contribution in [0, 0.1) is 0 Å². The molecule has 1 saturated heterocycles. The molecule has 1 aromatic carbocycles. The second-order valence-electron chi connectivity index (χ2n) is 5.73. The molecule has 0 unspecified atom stereocenters. The fourth-order valence-corrected chi connectivity index (χ4v) is 2.94. The van der Waals surface area contributed by atoms with E-state index < -0.39 is 0 Å². The first-order chi connectivity index (χ1) is 10.3. The molecule has 3 heteroatoms. The van der Waals surface area contributed by atoms with Gasteiger partial charge in [0.1, 0.15) is 11.5 Å². The smallest absolute Gasteiger partial charge is 0.123 e. The molecule has 3 nitrogen and oxygen atoms in total. The summed E-state index contributed by atoms with van der Waals surface area (Å²) in [6.45, 7) is 8.51. The minimum atomic E-state index is 0.792. The molecular formula is C18H28NO2+. The van der Waals surface area contributed by atoms with E-state index in [1.165, 1.54) is 38.9 Å². The average molecular weight is 290 g/mol. The Kier molecular flexibility index (Phi) is 6.61. The van der Waals surface area contributed by atoms with Crippen LogP contribution in [-0.4, -0.2) is 33.4 Å². The van der Waals surface area contributed by atoms with Crippen molar-refractivity contribution in [2.75, 3.05) is 33.4 Å². The molecule has 0 radical (unpaired) electrons. The molecule has 1 fully saturated rings. The standard InChI is InChI=1S/C18H27NO2/c1-3-8-16-15-17(20-2)9-10-18(16)21-14-7-13-19-11-5-4-6-12-19/h3,9-10,15H,1,4-8,11-14H2,2H3/p+1. The lowest BCUT2D eigenvalue weighted by atomic mass is 10.1. The van der Waals surface area contributed by atoms with E-state index in [9.17, 15) is 0 Å². The summed E-state index contributed by atoms with van der Waals surface area (Å²) in [5.74, 6) is 1.83. The van der Waals surface area contributed by atoms with Gasteiger partial charge in [0.15, 0.2) is 0 Å². The predicted molar refractivity (Wildman–Crippen MR) is 86.4 cm³/mol. The van der Waals surface area contributed by atoms with Crippen LogP contribution in [0.3, 0.4) is 0 Å². The first kappa shape index (κ1) is 15.9. The van der Waals surface area contributed by atoms with Crippen molar-refractivity contribution < 1.29 is 14.4 Å². The van der Waals surface area contributed by atoms with Crippen molar-refractivity contribution in [1.29, 1.82) is 0 Å². The maximum absolute atomic E-state index is 5.96. The van der Waals surface area contributed by atoms with Crippen molar-refractivity contribution in [1.82, 2.24) is 0 Å². The topological polar surface area (TPSA) is 22.9 Å². The third-order valence-corrected chi connectivity index (χ3v) is 4.12. The maximum atomic E-state index is 5.96. The van der Waals surface area contributed by atoms with E-state index in [0.717, 1.165) is 36.5 Å². The number of methoxy groups -OCH3 is 1. The third-order valence-electron chi connectivity index (χ3n) is 4.12. The average Bonchev–Trinajstić information content (AvgIpc) is 2.54. The number of piperidine rings is 1. The van der Waals surface area contributed by atoms with Crippen LogP contribution in [0.25, 0.3) is 0 Å². The zero-order valence-electron chi connectivity index (χ0n) is 13.2. The minimum absolute atomic E-state index is 0.792. The van der Waals surface area contributed by atoms with Crippen molar-refractivity contribution in [3.05, 3.63) is 36.4 Å². The van der Waals surface area contributed by atoms with Gasteiger partial charge in [0, 0.05) is 12.0 Å². The van der Waals surface area contributed by atoms with Crippen LogP contribution in [0.4, 0.5) is 0 Å². The summed E-state index contributed by atoms with van der Waals surface area (Å²) in [6.07, 6.45) is 8.02. The predicted octanol–water partition coefficient (Wildman–Crippen LogP) is 2.26. The molecule has 0 amide bonds. The Morgan fingerprint density at radius 1 is 1.24 bits per heavy atom. The summed E-state index contributed by atoms with van der Waals surface area (Å²) in [7, 11) is 1.69. The van der Waals surface area contributed by atoms with Crippen LogP contribution in [0.1, 0.15) is 31.2 Å². The van der Waals surface area contributed by atoms with Crippen molar-refractivity contribution in [3.63, 3.8) is 0 Å². The summed E-state index contributed by atoms with van der Waals surface area (Å²) >= 11 is 0. The summed E-state index contributed by atoms with van der Waals surface area (Å²) in [4.78, 5) is 1.74. The van der Waals surface area contributed by atoms with E-state index in [1.807, 2.05) is 24.3 Å². The summed E-state index contributed by atoms with van der Waals surface area (Å²) < 4.78 is 11.2. The van der Waals surface area contributed by atoms with Gasteiger partial charge in [-0.1, -0.05) is 6.08 Å². The van der Waals surface area contributed by atoms with Gasteiger partial charge in [-0.2, -0.15) is 0 Å². The van der Waals surface area contributed by atoms with Crippen molar-refractivity contribution in [3.8, 4) is 11.5 Å². The second-order valence-corrected chi connectivity index (χ2v) is 5.73. The molecule has 116 valence electrons. The molecule has 1 aromatic rings. The first-order valence-corrected chi connectivity index (χ1v) is 8.07. The number of likely N-dealkylation sites (tertiary alicyclic amines) is 1. The van der Waals surface area contributed by atoms with Gasteiger partial charge in [-0.3, -0.25) is 0 Å². The highest BCUT2D eigenvalue weighted by molar-refractivity contribution is 5.41. The highest BCUT2D eigenvalue weighted by atomic mass is 16.5. The molecule has 0 atom stereocenters. The van der Waals surface area contributed by atoms with Gasteiger partial charge in [-0.25, -0.2) is 0 Å². The van der Waals surface area contributed by atoms with Gasteiger partial charge in [0.25, 0.3) is 0 Å². The van der Waals surface area contributed by atoms with Gasteiger partial charge in [0.05, 0.1) is 33.4 Å². The molecule has 21 heavy (non-hydrogen) atoms. The van der Waals surface area contributed by atoms with Crippen LogP contribution in [0.15, 0.2) is 30.9 Å². The lowest BCUT2D eigenvalue weighted by molar-refractivity contribution is -0.905. The molecule has 1 heterocycles. The van der Waals surface area contributed by atoms with E-state index in [0.29, 0.717) is 0 Å². The second kappa shape index (κ2) is 8.73. The number of hydrogen-bond acceptors (Lipinski definition) is 2. The number of quaternary nitrogens is 1. The zero-order chi connectivity index (χ0) is 14.9. The Morgan fingerprint density at radius 2 is 2.05 bits per heavy atom. The van der Waals surface area contributed by atoms with Gasteiger partial charge in [-0.15, -0.1) is 6.58 Å². The van der Waals surface area contributed by atoms with Crippen molar-refractivity contribution in [2.24, 2.45) is 0 Å². The van der Waals surface area contributed by atoms with Crippen LogP contribution in [0.5, 0.6) is 11.5 Å². The van der Waals surface area contributed by atoms with E-state index >= 15 is 0 Å². The largest absolute Gasteiger partial charge is 0.497 e. The van der Waals surface area contributed by atoms with Crippen LogP contribution in [0.2, 0.25) is 0 Å². The highest BCUT2D eigenvalue weighted by Crippen LogP contribution is 2.25. The molecule has 1 aliphatic heterocycles. The van der Waals surface area contributed by atoms with E-state index in [-0.39, 0.29) is 0 Å². The van der Waals surface area contributed by atoms with Crippen molar-refractivity contribution >= 4 is 0 Å². The minimum Gasteiger partial charge on any atom is -0.497 e. The molecule has 1 N–H and O–H groups in total. The van der Waals surface area contributed by atoms with Gasteiger partial charge in [0.2, 0.25) is 0 Å². The summed E-state index contributed by atoms with van der Waals surface area (Å²) in [5, 5.41) is 0. The first-order valence-electron chi connectivity index (χ1n) is 8.07. The van der Waals surface area contributed by atoms with Crippen LogP contribution < -0.4 is 14.4 Å². The van der Waals surface area contributed by atoms with Gasteiger partial charge >= 0.3 is 0 Å². The van der Waals surface area contributed by atoms with Crippen LogP contribution in [-0.2, 0) is 6.42 Å². The number of hydrogen-bond donors (Lipinski definition) is 1. The third kappa shape index (κ3) is 5.09. The molecule has 0 aromatic heterocycles. The van der Waals surface area contributed by atoms with Gasteiger partial charge in [-0.05, 0) is 43.9 Å². The van der Waals surface area contributed by atoms with E-state index in [1.54, 1.807) is 12.0 Å². The van der Waals surface area contributed by atoms with E-state index in [2.05, 4.69) is 6.58 Å². The zero-order valence-corrected chi connectivity index (χ0v) is 13.2.